The monoisotopic (exact) mass is 253 g/mol. The van der Waals surface area contributed by atoms with Gasteiger partial charge in [-0.05, 0) is 13.0 Å². The first-order valence-electron chi connectivity index (χ1n) is 5.42. The predicted octanol–water partition coefficient (Wildman–Crippen LogP) is 1.83. The number of rotatable bonds is 4. The lowest BCUT2D eigenvalue weighted by atomic mass is 10.1. The zero-order valence-electron chi connectivity index (χ0n) is 10.5. The van der Waals surface area contributed by atoms with Crippen molar-refractivity contribution in [2.75, 3.05) is 21.0 Å². The largest absolute Gasteiger partial charge is 0.493 e. The molecule has 1 aliphatic heterocycles. The van der Waals surface area contributed by atoms with Crippen LogP contribution in [0.4, 0.5) is 0 Å². The van der Waals surface area contributed by atoms with E-state index in [2.05, 4.69) is 5.16 Å². The van der Waals surface area contributed by atoms with Crippen LogP contribution in [0, 0.1) is 0 Å². The number of benzene rings is 1. The molecule has 1 heterocycles. The van der Waals surface area contributed by atoms with Gasteiger partial charge >= 0.3 is 0 Å². The number of hydrogen-bond donors (Lipinski definition) is 1. The molecule has 1 aromatic rings. The van der Waals surface area contributed by atoms with E-state index < -0.39 is 0 Å². The number of oxime groups is 1. The summed E-state index contributed by atoms with van der Waals surface area (Å²) < 4.78 is 21.3. The van der Waals surface area contributed by atoms with Gasteiger partial charge in [0.25, 0.3) is 0 Å². The molecule has 0 saturated heterocycles. The van der Waals surface area contributed by atoms with Gasteiger partial charge in [-0.3, -0.25) is 0 Å². The Bertz CT molecular complexity index is 484. The molecule has 0 unspecified atom stereocenters. The number of methoxy groups -OCH3 is 2. The minimum absolute atomic E-state index is 0.137. The molecule has 98 valence electrons. The van der Waals surface area contributed by atoms with Gasteiger partial charge in [0.15, 0.2) is 11.5 Å². The Labute approximate surface area is 105 Å². The fourth-order valence-corrected chi connectivity index (χ4v) is 1.88. The average molecular weight is 253 g/mol. The van der Waals surface area contributed by atoms with Crippen molar-refractivity contribution in [3.05, 3.63) is 11.6 Å². The molecule has 0 amide bonds. The molecule has 0 aliphatic carbocycles. The lowest BCUT2D eigenvalue weighted by molar-refractivity contribution is 0.168. The summed E-state index contributed by atoms with van der Waals surface area (Å²) in [6.45, 7) is 1.86. The summed E-state index contributed by atoms with van der Waals surface area (Å²) in [7, 11) is 3.11. The Balaban J connectivity index is 2.51. The third-order valence-electron chi connectivity index (χ3n) is 2.68. The first kappa shape index (κ1) is 12.3. The van der Waals surface area contributed by atoms with Crippen molar-refractivity contribution in [1.82, 2.24) is 0 Å². The zero-order chi connectivity index (χ0) is 13.1. The van der Waals surface area contributed by atoms with E-state index in [0.29, 0.717) is 35.1 Å². The van der Waals surface area contributed by atoms with Crippen molar-refractivity contribution < 1.29 is 24.2 Å². The Kier molecular flexibility index (Phi) is 3.45. The molecule has 6 nitrogen and oxygen atoms in total. The first-order chi connectivity index (χ1) is 8.71. The van der Waals surface area contributed by atoms with E-state index in [1.807, 2.05) is 0 Å². The molecule has 1 N–H and O–H groups in total. The molecule has 0 atom stereocenters. The molecule has 0 aromatic heterocycles. The fraction of sp³-hybridized carbons (Fsp3) is 0.417. The molecule has 1 aromatic carbocycles. The smallest absolute Gasteiger partial charge is 0.231 e. The van der Waals surface area contributed by atoms with Crippen molar-refractivity contribution in [1.29, 1.82) is 0 Å². The first-order valence-corrected chi connectivity index (χ1v) is 5.42. The molecular formula is C12H15NO5. The second-order valence-electron chi connectivity index (χ2n) is 3.85. The molecular weight excluding hydrogens is 238 g/mol. The Morgan fingerprint density at radius 1 is 1.33 bits per heavy atom. The summed E-state index contributed by atoms with van der Waals surface area (Å²) >= 11 is 0. The molecule has 18 heavy (non-hydrogen) atoms. The van der Waals surface area contributed by atoms with Gasteiger partial charge in [-0.15, -0.1) is 0 Å². The van der Waals surface area contributed by atoms with Crippen molar-refractivity contribution >= 4 is 5.71 Å². The third kappa shape index (κ3) is 2.01. The Morgan fingerprint density at radius 3 is 2.67 bits per heavy atom. The maximum atomic E-state index is 8.74. The quantitative estimate of drug-likeness (QED) is 0.503. The van der Waals surface area contributed by atoms with Crippen molar-refractivity contribution in [3.63, 3.8) is 0 Å². The van der Waals surface area contributed by atoms with Crippen LogP contribution in [0.3, 0.4) is 0 Å². The van der Waals surface area contributed by atoms with Gasteiger partial charge in [0.2, 0.25) is 18.3 Å². The Hall–Kier alpha value is -2.11. The van der Waals surface area contributed by atoms with Crippen LogP contribution in [0.15, 0.2) is 11.2 Å². The highest BCUT2D eigenvalue weighted by molar-refractivity contribution is 5.85. The maximum absolute atomic E-state index is 8.74. The number of nitrogens with zero attached hydrogens (tertiary/aromatic N) is 1. The van der Waals surface area contributed by atoms with Gasteiger partial charge in [0.1, 0.15) is 0 Å². The summed E-state index contributed by atoms with van der Waals surface area (Å²) in [6, 6.07) is 1.79. The lowest BCUT2D eigenvalue weighted by Crippen LogP contribution is -2.02. The number of hydrogen-bond acceptors (Lipinski definition) is 6. The van der Waals surface area contributed by atoms with Gasteiger partial charge < -0.3 is 24.2 Å². The van der Waals surface area contributed by atoms with Gasteiger partial charge in [0, 0.05) is 12.0 Å². The fourth-order valence-electron chi connectivity index (χ4n) is 1.88. The Morgan fingerprint density at radius 2 is 2.06 bits per heavy atom. The molecule has 0 bridgehead atoms. The summed E-state index contributed by atoms with van der Waals surface area (Å²) in [5, 5.41) is 11.9. The van der Waals surface area contributed by atoms with Gasteiger partial charge in [-0.25, -0.2) is 0 Å². The SMILES string of the molecule is COc1cc(C/C(C)=N\O)c(OC)c2c1OCO2. The molecule has 1 aliphatic rings. The second-order valence-corrected chi connectivity index (χ2v) is 3.85. The van der Waals surface area contributed by atoms with Crippen LogP contribution in [0.2, 0.25) is 0 Å². The predicted molar refractivity (Wildman–Crippen MR) is 64.3 cm³/mol. The van der Waals surface area contributed by atoms with Crippen LogP contribution >= 0.6 is 0 Å². The highest BCUT2D eigenvalue weighted by atomic mass is 16.7. The van der Waals surface area contributed by atoms with Crippen LogP contribution in [-0.2, 0) is 6.42 Å². The standard InChI is InChI=1S/C12H15NO5/c1-7(13-14)4-8-5-9(15-2)11-12(10(8)16-3)18-6-17-11/h5,14H,4,6H2,1-3H3/b13-7-. The number of ether oxygens (including phenoxy) is 4. The average Bonchev–Trinajstić information content (AvgIpc) is 2.86. The lowest BCUT2D eigenvalue weighted by Gasteiger charge is -2.13. The summed E-state index contributed by atoms with van der Waals surface area (Å²) in [5.74, 6) is 2.21. The van der Waals surface area contributed by atoms with Crippen LogP contribution in [0.1, 0.15) is 12.5 Å². The van der Waals surface area contributed by atoms with E-state index in [0.717, 1.165) is 5.56 Å². The minimum Gasteiger partial charge on any atom is -0.493 e. The van der Waals surface area contributed by atoms with Crippen molar-refractivity contribution in [2.45, 2.75) is 13.3 Å². The highest BCUT2D eigenvalue weighted by Gasteiger charge is 2.27. The highest BCUT2D eigenvalue weighted by Crippen LogP contribution is 2.49. The van der Waals surface area contributed by atoms with Crippen molar-refractivity contribution in [3.8, 4) is 23.0 Å². The summed E-state index contributed by atoms with van der Waals surface area (Å²) in [6.07, 6.45) is 0.437. The van der Waals surface area contributed by atoms with E-state index in [1.54, 1.807) is 27.2 Å². The van der Waals surface area contributed by atoms with Crippen LogP contribution in [0.25, 0.3) is 0 Å². The topological polar surface area (TPSA) is 69.5 Å². The molecule has 2 rings (SSSR count). The molecule has 6 heteroatoms. The number of fused-ring (bicyclic) bond motifs is 1. The van der Waals surface area contributed by atoms with Crippen LogP contribution in [-0.4, -0.2) is 31.9 Å². The van der Waals surface area contributed by atoms with E-state index in [-0.39, 0.29) is 6.79 Å². The normalized spacial score (nSPS) is 13.6. The van der Waals surface area contributed by atoms with E-state index in [1.165, 1.54) is 0 Å². The molecule has 0 radical (unpaired) electrons. The van der Waals surface area contributed by atoms with E-state index in [9.17, 15) is 0 Å². The van der Waals surface area contributed by atoms with E-state index in [4.69, 9.17) is 24.2 Å². The van der Waals surface area contributed by atoms with Crippen molar-refractivity contribution in [2.24, 2.45) is 5.16 Å². The minimum atomic E-state index is 0.137. The van der Waals surface area contributed by atoms with Gasteiger partial charge in [0.05, 0.1) is 19.9 Å². The third-order valence-corrected chi connectivity index (χ3v) is 2.68. The van der Waals surface area contributed by atoms with Crippen LogP contribution in [0.5, 0.6) is 23.0 Å². The van der Waals surface area contributed by atoms with Crippen LogP contribution < -0.4 is 18.9 Å². The zero-order valence-corrected chi connectivity index (χ0v) is 10.5. The summed E-state index contributed by atoms with van der Waals surface area (Å²) in [4.78, 5) is 0. The molecule has 0 saturated carbocycles. The van der Waals surface area contributed by atoms with Gasteiger partial charge in [-0.2, -0.15) is 0 Å². The van der Waals surface area contributed by atoms with E-state index >= 15 is 0 Å². The second kappa shape index (κ2) is 5.03. The molecule has 0 fully saturated rings. The maximum Gasteiger partial charge on any atom is 0.231 e. The van der Waals surface area contributed by atoms with Gasteiger partial charge in [-0.1, -0.05) is 5.16 Å². The molecule has 0 spiro atoms. The summed E-state index contributed by atoms with van der Waals surface area (Å²) in [5.41, 5.74) is 1.38.